The molecule has 20 heavy (non-hydrogen) atoms. The average molecular weight is 264 g/mol. The number of hydrogen-bond donors (Lipinski definition) is 2. The topological polar surface area (TPSA) is 67.6 Å². The number of fused-ring (bicyclic) bond motifs is 1. The fourth-order valence-corrected chi connectivity index (χ4v) is 2.88. The highest BCUT2D eigenvalue weighted by Crippen LogP contribution is 2.35. The van der Waals surface area contributed by atoms with Crippen LogP contribution in [0.2, 0.25) is 0 Å². The molecule has 2 aromatic heterocycles. The van der Waals surface area contributed by atoms with Crippen LogP contribution in [-0.4, -0.2) is 21.0 Å². The molecule has 1 fully saturated rings. The van der Waals surface area contributed by atoms with Gasteiger partial charge in [0.25, 0.3) is 0 Å². The number of hydrogen-bond acceptors (Lipinski definition) is 3. The van der Waals surface area contributed by atoms with Gasteiger partial charge >= 0.3 is 0 Å². The van der Waals surface area contributed by atoms with E-state index in [2.05, 4.69) is 22.1 Å². The van der Waals surface area contributed by atoms with Gasteiger partial charge in [0.1, 0.15) is 5.82 Å². The Hall–Kier alpha value is -2.20. The lowest BCUT2D eigenvalue weighted by Crippen LogP contribution is -2.35. The van der Waals surface area contributed by atoms with Crippen LogP contribution in [0, 0.1) is 0 Å². The number of aromatic nitrogens is 3. The quantitative estimate of drug-likeness (QED) is 0.748. The van der Waals surface area contributed by atoms with E-state index in [0.29, 0.717) is 12.0 Å². The lowest BCUT2D eigenvalue weighted by molar-refractivity contribution is 0.338. The summed E-state index contributed by atoms with van der Waals surface area (Å²) in [6.45, 7) is 0. The van der Waals surface area contributed by atoms with Crippen LogP contribution in [0.15, 0.2) is 42.7 Å². The molecule has 1 aliphatic rings. The molecular weight excluding hydrogens is 248 g/mol. The summed E-state index contributed by atoms with van der Waals surface area (Å²) in [5.74, 6) is 1.35. The Morgan fingerprint density at radius 1 is 1.15 bits per heavy atom. The number of benzene rings is 1. The molecule has 4 heteroatoms. The number of para-hydroxylation sites is 1. The first kappa shape index (κ1) is 11.6. The highest BCUT2D eigenvalue weighted by Gasteiger charge is 2.29. The van der Waals surface area contributed by atoms with Gasteiger partial charge in [-0.2, -0.15) is 0 Å². The normalized spacial score (nSPS) is 21.9. The Morgan fingerprint density at radius 3 is 2.85 bits per heavy atom. The summed E-state index contributed by atoms with van der Waals surface area (Å²) in [5, 5.41) is 1.20. The first-order chi connectivity index (χ1) is 9.81. The molecule has 0 unspecified atom stereocenters. The van der Waals surface area contributed by atoms with Crippen molar-refractivity contribution in [3.8, 4) is 11.3 Å². The van der Waals surface area contributed by atoms with Gasteiger partial charge < -0.3 is 10.7 Å². The molecular formula is C16H16N4. The number of rotatable bonds is 2. The molecule has 1 aromatic carbocycles. The molecule has 4 nitrogen and oxygen atoms in total. The fourth-order valence-electron chi connectivity index (χ4n) is 2.88. The Labute approximate surface area is 117 Å². The van der Waals surface area contributed by atoms with Crippen molar-refractivity contribution < 1.29 is 0 Å². The van der Waals surface area contributed by atoms with Crippen LogP contribution in [0.1, 0.15) is 24.6 Å². The van der Waals surface area contributed by atoms with Crippen LogP contribution in [0.25, 0.3) is 22.2 Å². The molecule has 3 N–H and O–H groups in total. The molecule has 1 aliphatic carbocycles. The second-order valence-corrected chi connectivity index (χ2v) is 5.48. The summed E-state index contributed by atoms with van der Waals surface area (Å²) < 4.78 is 0. The number of nitrogens with two attached hydrogens (primary N) is 1. The maximum Gasteiger partial charge on any atom is 0.132 e. The van der Waals surface area contributed by atoms with Crippen molar-refractivity contribution >= 4 is 10.9 Å². The average Bonchev–Trinajstić information content (AvgIpc) is 2.88. The predicted molar refractivity (Wildman–Crippen MR) is 79.3 cm³/mol. The van der Waals surface area contributed by atoms with Crippen LogP contribution >= 0.6 is 0 Å². The van der Waals surface area contributed by atoms with E-state index in [-0.39, 0.29) is 0 Å². The summed E-state index contributed by atoms with van der Waals surface area (Å²) in [6, 6.07) is 10.6. The Kier molecular flexibility index (Phi) is 2.57. The van der Waals surface area contributed by atoms with Crippen molar-refractivity contribution in [3.63, 3.8) is 0 Å². The molecule has 0 aliphatic heterocycles. The fraction of sp³-hybridized carbons (Fsp3) is 0.250. The Bertz CT molecular complexity index is 756. The van der Waals surface area contributed by atoms with Gasteiger partial charge in [0.15, 0.2) is 0 Å². The molecule has 0 spiro atoms. The molecule has 3 aromatic rings. The zero-order valence-electron chi connectivity index (χ0n) is 11.1. The van der Waals surface area contributed by atoms with Crippen molar-refractivity contribution in [3.05, 3.63) is 48.5 Å². The second-order valence-electron chi connectivity index (χ2n) is 5.48. The highest BCUT2D eigenvalue weighted by atomic mass is 14.9. The molecule has 0 bridgehead atoms. The van der Waals surface area contributed by atoms with E-state index < -0.39 is 0 Å². The van der Waals surface area contributed by atoms with Crippen molar-refractivity contribution in [2.75, 3.05) is 0 Å². The minimum absolute atomic E-state index is 0.320. The molecule has 1 saturated carbocycles. The monoisotopic (exact) mass is 264 g/mol. The van der Waals surface area contributed by atoms with E-state index in [1.807, 2.05) is 30.6 Å². The number of aromatic amines is 1. The minimum Gasteiger partial charge on any atom is -0.360 e. The maximum absolute atomic E-state index is 5.85. The highest BCUT2D eigenvalue weighted by molar-refractivity contribution is 5.94. The Morgan fingerprint density at radius 2 is 2.00 bits per heavy atom. The zero-order valence-corrected chi connectivity index (χ0v) is 11.1. The smallest absolute Gasteiger partial charge is 0.132 e. The second kappa shape index (κ2) is 4.42. The van der Waals surface area contributed by atoms with E-state index in [1.54, 1.807) is 0 Å². The van der Waals surface area contributed by atoms with Gasteiger partial charge in [-0.05, 0) is 25.0 Å². The van der Waals surface area contributed by atoms with Crippen molar-refractivity contribution in [1.82, 2.24) is 15.0 Å². The van der Waals surface area contributed by atoms with E-state index >= 15 is 0 Å². The van der Waals surface area contributed by atoms with E-state index in [1.165, 1.54) is 5.39 Å². The number of H-pyrrole nitrogens is 1. The van der Waals surface area contributed by atoms with Crippen LogP contribution in [0.5, 0.6) is 0 Å². The van der Waals surface area contributed by atoms with E-state index in [0.717, 1.165) is 35.4 Å². The Balaban J connectivity index is 1.76. The van der Waals surface area contributed by atoms with Crippen LogP contribution in [-0.2, 0) is 0 Å². The van der Waals surface area contributed by atoms with Gasteiger partial charge in [0, 0.05) is 40.8 Å². The van der Waals surface area contributed by atoms with Crippen LogP contribution in [0.4, 0.5) is 0 Å². The number of nitrogens with one attached hydrogen (secondary N) is 1. The summed E-state index contributed by atoms with van der Waals surface area (Å²) in [4.78, 5) is 12.4. The molecule has 2 heterocycles. The minimum atomic E-state index is 0.320. The van der Waals surface area contributed by atoms with Crippen LogP contribution < -0.4 is 5.73 Å². The van der Waals surface area contributed by atoms with Gasteiger partial charge in [-0.25, -0.2) is 9.97 Å². The molecule has 0 saturated heterocycles. The van der Waals surface area contributed by atoms with Gasteiger partial charge in [0.05, 0.1) is 5.69 Å². The zero-order chi connectivity index (χ0) is 13.5. The van der Waals surface area contributed by atoms with Gasteiger partial charge in [-0.3, -0.25) is 0 Å². The largest absolute Gasteiger partial charge is 0.360 e. The molecule has 0 atom stereocenters. The lowest BCUT2D eigenvalue weighted by Gasteiger charge is -2.31. The first-order valence-corrected chi connectivity index (χ1v) is 6.96. The lowest BCUT2D eigenvalue weighted by atomic mass is 9.80. The first-order valence-electron chi connectivity index (χ1n) is 6.96. The van der Waals surface area contributed by atoms with Crippen molar-refractivity contribution in [1.29, 1.82) is 0 Å². The van der Waals surface area contributed by atoms with Gasteiger partial charge in [0.2, 0.25) is 0 Å². The van der Waals surface area contributed by atoms with E-state index in [4.69, 9.17) is 10.7 Å². The number of nitrogens with zero attached hydrogens (tertiary/aromatic N) is 2. The van der Waals surface area contributed by atoms with E-state index in [9.17, 15) is 0 Å². The maximum atomic E-state index is 5.85. The van der Waals surface area contributed by atoms with Gasteiger partial charge in [-0.15, -0.1) is 0 Å². The SMILES string of the molecule is NC1CC(c2nccc(-c3c[nH]c4ccccc34)n2)C1. The third kappa shape index (κ3) is 1.80. The summed E-state index contributed by atoms with van der Waals surface area (Å²) in [5.41, 5.74) is 9.10. The third-order valence-electron chi connectivity index (χ3n) is 4.08. The van der Waals surface area contributed by atoms with Crippen molar-refractivity contribution in [2.45, 2.75) is 24.8 Å². The predicted octanol–water partition coefficient (Wildman–Crippen LogP) is 2.83. The summed E-state index contributed by atoms with van der Waals surface area (Å²) in [7, 11) is 0. The molecule has 100 valence electrons. The van der Waals surface area contributed by atoms with Gasteiger partial charge in [-0.1, -0.05) is 18.2 Å². The summed E-state index contributed by atoms with van der Waals surface area (Å²) in [6.07, 6.45) is 5.86. The van der Waals surface area contributed by atoms with Crippen LogP contribution in [0.3, 0.4) is 0 Å². The molecule has 4 rings (SSSR count). The molecule has 0 amide bonds. The third-order valence-corrected chi connectivity index (χ3v) is 4.08. The van der Waals surface area contributed by atoms with Crippen molar-refractivity contribution in [2.24, 2.45) is 5.73 Å². The standard InChI is InChI=1S/C16H16N4/c17-11-7-10(8-11)16-18-6-5-15(20-16)13-9-19-14-4-2-1-3-12(13)14/h1-6,9-11,19H,7-8,17H2. The molecule has 0 radical (unpaired) electrons. The summed E-state index contributed by atoms with van der Waals surface area (Å²) >= 11 is 0.